The van der Waals surface area contributed by atoms with Gasteiger partial charge in [0.25, 0.3) is 0 Å². The summed E-state index contributed by atoms with van der Waals surface area (Å²) in [7, 11) is 0. The van der Waals surface area contributed by atoms with Gasteiger partial charge in [0.1, 0.15) is 6.10 Å². The summed E-state index contributed by atoms with van der Waals surface area (Å²) >= 11 is 6.19. The molecule has 38 heavy (non-hydrogen) atoms. The van der Waals surface area contributed by atoms with Crippen molar-refractivity contribution in [1.82, 2.24) is 9.80 Å². The van der Waals surface area contributed by atoms with Gasteiger partial charge in [0.2, 0.25) is 0 Å². The van der Waals surface area contributed by atoms with E-state index in [0.717, 1.165) is 50.5 Å². The topological polar surface area (TPSA) is 53.0 Å². The number of halogens is 1. The molecule has 0 bridgehead atoms. The number of esters is 1. The van der Waals surface area contributed by atoms with E-state index in [1.54, 1.807) is 0 Å². The van der Waals surface area contributed by atoms with E-state index in [1.807, 2.05) is 12.1 Å². The summed E-state index contributed by atoms with van der Waals surface area (Å²) in [6.45, 7) is 8.70. The fraction of sp³-hybridized carbons (Fsp3) is 0.531. The summed E-state index contributed by atoms with van der Waals surface area (Å²) in [6.07, 6.45) is 4.47. The fourth-order valence-corrected chi connectivity index (χ4v) is 7.78. The van der Waals surface area contributed by atoms with Crippen LogP contribution < -0.4 is 0 Å². The van der Waals surface area contributed by atoms with Crippen LogP contribution in [0.3, 0.4) is 0 Å². The van der Waals surface area contributed by atoms with Crippen LogP contribution in [0.15, 0.2) is 66.2 Å². The number of aliphatic hydroxyl groups is 1. The minimum absolute atomic E-state index is 0.125. The molecule has 3 fully saturated rings. The number of rotatable bonds is 5. The van der Waals surface area contributed by atoms with Crippen molar-refractivity contribution in [2.24, 2.45) is 23.2 Å². The Kier molecular flexibility index (Phi) is 7.15. The van der Waals surface area contributed by atoms with E-state index in [-0.39, 0.29) is 35.4 Å². The van der Waals surface area contributed by atoms with Gasteiger partial charge in [0.05, 0.1) is 18.1 Å². The molecule has 202 valence electrons. The maximum atomic E-state index is 13.1. The van der Waals surface area contributed by atoms with E-state index in [9.17, 15) is 9.90 Å². The van der Waals surface area contributed by atoms with Gasteiger partial charge in [-0.3, -0.25) is 14.6 Å². The molecule has 2 heterocycles. The van der Waals surface area contributed by atoms with Crippen molar-refractivity contribution in [3.05, 3.63) is 82.4 Å². The van der Waals surface area contributed by atoms with Crippen LogP contribution in [0.5, 0.6) is 0 Å². The number of fused-ring (bicyclic) bond motifs is 2. The molecular weight excluding hydrogens is 496 g/mol. The molecule has 0 radical (unpaired) electrons. The van der Waals surface area contributed by atoms with Crippen LogP contribution in [0.2, 0.25) is 5.02 Å². The highest BCUT2D eigenvalue weighted by Crippen LogP contribution is 2.56. The molecule has 5 nitrogen and oxygen atoms in total. The smallest absolute Gasteiger partial charge is 0.311 e. The van der Waals surface area contributed by atoms with Gasteiger partial charge in [-0.25, -0.2) is 0 Å². The molecule has 0 amide bonds. The predicted octanol–water partition coefficient (Wildman–Crippen LogP) is 5.33. The molecule has 6 heteroatoms. The SMILES string of the molecule is C[C@@H]1CCC=C2C[C@H]3OC(=O)[C@H](CN4CCN([C@H](c5ccccc5)c5ccc(Cl)cc5)CC4)[C@H]3[C@@H](O)[C@@]21C. The maximum absolute atomic E-state index is 13.1. The lowest BCUT2D eigenvalue weighted by atomic mass is 9.55. The number of benzene rings is 2. The number of nitrogens with zero attached hydrogens (tertiary/aromatic N) is 2. The maximum Gasteiger partial charge on any atom is 0.311 e. The van der Waals surface area contributed by atoms with Crippen LogP contribution in [-0.2, 0) is 9.53 Å². The Morgan fingerprint density at radius 1 is 1.05 bits per heavy atom. The minimum atomic E-state index is -0.548. The van der Waals surface area contributed by atoms with Crippen LogP contribution in [0, 0.1) is 23.2 Å². The zero-order valence-corrected chi connectivity index (χ0v) is 23.2. The Morgan fingerprint density at radius 2 is 1.74 bits per heavy atom. The van der Waals surface area contributed by atoms with Crippen molar-refractivity contribution >= 4 is 17.6 Å². The van der Waals surface area contributed by atoms with E-state index in [2.05, 4.69) is 72.2 Å². The Bertz CT molecular complexity index is 1180. The highest BCUT2D eigenvalue weighted by atomic mass is 35.5. The highest BCUT2D eigenvalue weighted by molar-refractivity contribution is 6.30. The van der Waals surface area contributed by atoms with E-state index in [1.165, 1.54) is 16.7 Å². The zero-order valence-electron chi connectivity index (χ0n) is 22.4. The Balaban J connectivity index is 1.16. The third-order valence-corrected chi connectivity index (χ3v) is 10.4. The van der Waals surface area contributed by atoms with Crippen molar-refractivity contribution < 1.29 is 14.6 Å². The first-order chi connectivity index (χ1) is 18.4. The number of ether oxygens (including phenoxy) is 1. The molecule has 0 unspecified atom stereocenters. The lowest BCUT2D eigenvalue weighted by molar-refractivity contribution is -0.145. The molecule has 4 aliphatic rings. The van der Waals surface area contributed by atoms with Gasteiger partial charge >= 0.3 is 5.97 Å². The molecule has 1 N–H and O–H groups in total. The molecule has 2 aromatic carbocycles. The normalized spacial score (nSPS) is 34.7. The van der Waals surface area contributed by atoms with E-state index in [0.29, 0.717) is 12.5 Å². The average molecular weight is 535 g/mol. The number of allylic oxidation sites excluding steroid dienone is 1. The Morgan fingerprint density at radius 3 is 2.45 bits per heavy atom. The summed E-state index contributed by atoms with van der Waals surface area (Å²) in [4.78, 5) is 18.1. The number of carbonyl (C=O) groups is 1. The molecule has 2 aliphatic heterocycles. The quantitative estimate of drug-likeness (QED) is 0.415. The molecule has 0 aromatic heterocycles. The number of aliphatic hydroxyl groups excluding tert-OH is 1. The van der Waals surface area contributed by atoms with E-state index >= 15 is 0 Å². The van der Waals surface area contributed by atoms with Gasteiger partial charge in [-0.2, -0.15) is 0 Å². The molecule has 2 aromatic rings. The van der Waals surface area contributed by atoms with Gasteiger partial charge in [-0.1, -0.05) is 79.6 Å². The van der Waals surface area contributed by atoms with Crippen LogP contribution in [-0.4, -0.2) is 65.8 Å². The summed E-state index contributed by atoms with van der Waals surface area (Å²) in [5, 5.41) is 12.4. The van der Waals surface area contributed by atoms with Gasteiger partial charge in [0.15, 0.2) is 0 Å². The van der Waals surface area contributed by atoms with E-state index in [4.69, 9.17) is 16.3 Å². The van der Waals surface area contributed by atoms with Crippen molar-refractivity contribution in [2.75, 3.05) is 32.7 Å². The standard InChI is InChI=1S/C32H39ClN2O3/c1-21-7-6-10-24-19-27-28(30(36)32(21,24)2)26(31(37)38-27)20-34-15-17-35(18-16-34)29(22-8-4-3-5-9-22)23-11-13-25(33)14-12-23/h3-5,8-14,21,26-30,36H,6-7,15-20H2,1-2H3/t21-,26-,27-,28-,29-,30-,32-/m1/s1. The third kappa shape index (κ3) is 4.52. The highest BCUT2D eigenvalue weighted by Gasteiger charge is 2.59. The first-order valence-corrected chi connectivity index (χ1v) is 14.6. The second-order valence-electron chi connectivity index (χ2n) is 12.0. The largest absolute Gasteiger partial charge is 0.461 e. The average Bonchev–Trinajstić information content (AvgIpc) is 3.23. The number of carbonyl (C=O) groups excluding carboxylic acids is 1. The van der Waals surface area contributed by atoms with Crippen LogP contribution >= 0.6 is 11.6 Å². The summed E-state index contributed by atoms with van der Waals surface area (Å²) < 4.78 is 5.92. The van der Waals surface area contributed by atoms with Crippen LogP contribution in [0.4, 0.5) is 0 Å². The molecule has 2 aliphatic carbocycles. The molecule has 2 saturated heterocycles. The monoisotopic (exact) mass is 534 g/mol. The van der Waals surface area contributed by atoms with Gasteiger partial charge in [-0.15, -0.1) is 0 Å². The van der Waals surface area contributed by atoms with Crippen molar-refractivity contribution in [3.63, 3.8) is 0 Å². The van der Waals surface area contributed by atoms with Crippen molar-refractivity contribution in [3.8, 4) is 0 Å². The molecule has 7 atom stereocenters. The summed E-state index contributed by atoms with van der Waals surface area (Å²) in [6, 6.07) is 19.0. The molecular formula is C32H39ClN2O3. The minimum Gasteiger partial charge on any atom is -0.461 e. The van der Waals surface area contributed by atoms with Gasteiger partial charge in [0, 0.05) is 55.5 Å². The van der Waals surface area contributed by atoms with Gasteiger partial charge < -0.3 is 9.84 Å². The molecule has 1 saturated carbocycles. The van der Waals surface area contributed by atoms with Crippen molar-refractivity contribution in [1.29, 1.82) is 0 Å². The predicted molar refractivity (Wildman–Crippen MR) is 150 cm³/mol. The first kappa shape index (κ1) is 26.1. The zero-order chi connectivity index (χ0) is 26.4. The molecule has 6 rings (SSSR count). The van der Waals surface area contributed by atoms with Crippen LogP contribution in [0.25, 0.3) is 0 Å². The molecule has 0 spiro atoms. The van der Waals surface area contributed by atoms with Crippen LogP contribution in [0.1, 0.15) is 50.3 Å². The Hall–Kier alpha value is -2.18. The number of hydrogen-bond donors (Lipinski definition) is 1. The second kappa shape index (κ2) is 10.4. The lowest BCUT2D eigenvalue weighted by Gasteiger charge is -2.52. The first-order valence-electron chi connectivity index (χ1n) is 14.2. The fourth-order valence-electron chi connectivity index (χ4n) is 7.65. The van der Waals surface area contributed by atoms with E-state index < -0.39 is 6.10 Å². The Labute approximate surface area is 231 Å². The van der Waals surface area contributed by atoms with Gasteiger partial charge in [-0.05, 0) is 42.0 Å². The number of hydrogen-bond acceptors (Lipinski definition) is 5. The third-order valence-electron chi connectivity index (χ3n) is 10.1. The lowest BCUT2D eigenvalue weighted by Crippen LogP contribution is -2.55. The van der Waals surface area contributed by atoms with Crippen molar-refractivity contribution in [2.45, 2.75) is 51.4 Å². The summed E-state index contributed by atoms with van der Waals surface area (Å²) in [5.74, 6) is -0.119. The summed E-state index contributed by atoms with van der Waals surface area (Å²) in [5.41, 5.74) is 3.54. The second-order valence-corrected chi connectivity index (χ2v) is 12.4. The number of piperazine rings is 1.